The number of carbonyl (C=O) groups excluding carboxylic acids is 1. The van der Waals surface area contributed by atoms with Crippen molar-refractivity contribution >= 4 is 15.9 Å². The maximum absolute atomic E-state index is 12.3. The second kappa shape index (κ2) is 6.16. The first-order valence-electron chi connectivity index (χ1n) is 6.18. The number of hydrogen-bond donors (Lipinski definition) is 1. The number of nitrogens with two attached hydrogens (primary N) is 1. The maximum atomic E-state index is 12.3. The summed E-state index contributed by atoms with van der Waals surface area (Å²) in [7, 11) is -3.19. The molecule has 5 nitrogen and oxygen atoms in total. The van der Waals surface area contributed by atoms with Crippen LogP contribution in [0.5, 0.6) is 0 Å². The van der Waals surface area contributed by atoms with Gasteiger partial charge in [-0.2, -0.15) is 0 Å². The third kappa shape index (κ3) is 4.04. The van der Waals surface area contributed by atoms with Gasteiger partial charge in [-0.1, -0.05) is 18.2 Å². The van der Waals surface area contributed by atoms with Crippen LogP contribution < -0.4 is 5.14 Å². The molecule has 0 heterocycles. The van der Waals surface area contributed by atoms with Gasteiger partial charge in [0, 0.05) is 12.1 Å². The predicted molar refractivity (Wildman–Crippen MR) is 77.0 cm³/mol. The number of rotatable bonds is 3. The minimum atomic E-state index is -3.19. The Labute approximate surface area is 115 Å². The summed E-state index contributed by atoms with van der Waals surface area (Å²) in [5.41, 5.74) is 0. The van der Waals surface area contributed by atoms with Gasteiger partial charge in [0.25, 0.3) is 0 Å². The van der Waals surface area contributed by atoms with E-state index in [4.69, 9.17) is 5.14 Å². The van der Waals surface area contributed by atoms with Crippen molar-refractivity contribution in [2.45, 2.75) is 44.7 Å². The van der Waals surface area contributed by atoms with Crippen molar-refractivity contribution < 1.29 is 9.00 Å². The van der Waals surface area contributed by atoms with E-state index in [-0.39, 0.29) is 12.1 Å². The number of hydrogen-bond acceptors (Lipinski definition) is 2. The van der Waals surface area contributed by atoms with E-state index < -0.39 is 15.9 Å². The van der Waals surface area contributed by atoms with Gasteiger partial charge in [-0.25, -0.2) is 14.1 Å². The highest BCUT2D eigenvalue weighted by molar-refractivity contribution is 7.91. The summed E-state index contributed by atoms with van der Waals surface area (Å²) >= 11 is 0. The molecule has 1 rings (SSSR count). The van der Waals surface area contributed by atoms with E-state index in [0.717, 1.165) is 0 Å². The summed E-state index contributed by atoms with van der Waals surface area (Å²) in [5.74, 6) is 0. The second-order valence-corrected chi connectivity index (χ2v) is 6.64. The van der Waals surface area contributed by atoms with Gasteiger partial charge in [-0.05, 0) is 39.8 Å². The average Bonchev–Trinajstić information content (AvgIpc) is 2.28. The van der Waals surface area contributed by atoms with Gasteiger partial charge in [0.15, 0.2) is 0 Å². The Morgan fingerprint density at radius 2 is 1.63 bits per heavy atom. The Morgan fingerprint density at radius 1 is 1.16 bits per heavy atom. The fraction of sp³-hybridized carbons (Fsp3) is 0.462. The normalized spacial score (nSPS) is 14.3. The molecule has 6 heteroatoms. The molecule has 1 aromatic rings. The molecule has 2 amide bonds. The molecule has 2 N–H and O–H groups in total. The Hall–Kier alpha value is -1.40. The molecule has 0 spiro atoms. The van der Waals surface area contributed by atoms with Gasteiger partial charge in [0.05, 0.1) is 4.90 Å². The van der Waals surface area contributed by atoms with E-state index in [9.17, 15) is 9.00 Å². The van der Waals surface area contributed by atoms with Crippen LogP contribution in [-0.4, -0.2) is 27.2 Å². The third-order valence-electron chi connectivity index (χ3n) is 2.63. The molecule has 0 aliphatic carbocycles. The van der Waals surface area contributed by atoms with Crippen LogP contribution in [0.15, 0.2) is 39.6 Å². The zero-order valence-electron chi connectivity index (χ0n) is 11.7. The van der Waals surface area contributed by atoms with Crippen LogP contribution in [0.4, 0.5) is 4.79 Å². The number of amides is 2. The molecule has 0 fully saturated rings. The van der Waals surface area contributed by atoms with Crippen molar-refractivity contribution in [3.8, 4) is 0 Å². The van der Waals surface area contributed by atoms with Crippen molar-refractivity contribution in [3.63, 3.8) is 0 Å². The molecule has 0 aliphatic heterocycles. The van der Waals surface area contributed by atoms with Crippen LogP contribution in [-0.2, 0) is 9.92 Å². The highest BCUT2D eigenvalue weighted by Gasteiger charge is 2.21. The minimum absolute atomic E-state index is 0.0257. The number of carbonyl (C=O) groups is 1. The number of benzene rings is 1. The van der Waals surface area contributed by atoms with E-state index in [1.807, 2.05) is 27.7 Å². The predicted octanol–water partition coefficient (Wildman–Crippen LogP) is 2.63. The van der Waals surface area contributed by atoms with Crippen molar-refractivity contribution in [1.29, 1.82) is 0 Å². The monoisotopic (exact) mass is 283 g/mol. The van der Waals surface area contributed by atoms with Gasteiger partial charge < -0.3 is 4.90 Å². The molecule has 0 aromatic heterocycles. The fourth-order valence-corrected chi connectivity index (χ4v) is 2.85. The fourth-order valence-electron chi connectivity index (χ4n) is 1.87. The lowest BCUT2D eigenvalue weighted by molar-refractivity contribution is 0.175. The van der Waals surface area contributed by atoms with Crippen LogP contribution >= 0.6 is 0 Å². The molecule has 0 bridgehead atoms. The van der Waals surface area contributed by atoms with Gasteiger partial charge in [-0.3, -0.25) is 0 Å². The molecular weight excluding hydrogens is 262 g/mol. The Bertz CT molecular complexity index is 538. The number of nitrogens with zero attached hydrogens (tertiary/aromatic N) is 2. The Balaban J connectivity index is 3.14. The smallest absolute Gasteiger partial charge is 0.317 e. The van der Waals surface area contributed by atoms with Crippen LogP contribution in [0, 0.1) is 0 Å². The summed E-state index contributed by atoms with van der Waals surface area (Å²) in [6, 6.07) is 7.83. The summed E-state index contributed by atoms with van der Waals surface area (Å²) in [6.45, 7) is 7.53. The van der Waals surface area contributed by atoms with Crippen LogP contribution in [0.3, 0.4) is 0 Å². The molecule has 19 heavy (non-hydrogen) atoms. The topological polar surface area (TPSA) is 75.8 Å². The molecule has 0 saturated heterocycles. The summed E-state index contributed by atoms with van der Waals surface area (Å²) < 4.78 is 16.0. The van der Waals surface area contributed by atoms with E-state index in [2.05, 4.69) is 4.36 Å². The van der Waals surface area contributed by atoms with Gasteiger partial charge >= 0.3 is 6.03 Å². The van der Waals surface area contributed by atoms with E-state index in [1.165, 1.54) is 0 Å². The molecule has 0 radical (unpaired) electrons. The third-order valence-corrected chi connectivity index (χ3v) is 4.00. The van der Waals surface area contributed by atoms with Gasteiger partial charge in [0.2, 0.25) is 0 Å². The molecular formula is C13H21N3O2S. The summed E-state index contributed by atoms with van der Waals surface area (Å²) in [6.07, 6.45) is 0. The van der Waals surface area contributed by atoms with Crippen LogP contribution in [0.1, 0.15) is 27.7 Å². The van der Waals surface area contributed by atoms with Gasteiger partial charge in [-0.15, -0.1) is 4.36 Å². The first-order valence-corrected chi connectivity index (χ1v) is 7.76. The molecule has 1 aromatic carbocycles. The molecule has 0 aliphatic rings. The Morgan fingerprint density at radius 3 is 2.05 bits per heavy atom. The SMILES string of the molecule is CC(C)N(C(=O)N=S(N)(=O)c1ccccc1)C(C)C. The van der Waals surface area contributed by atoms with Crippen LogP contribution in [0.2, 0.25) is 0 Å². The quantitative estimate of drug-likeness (QED) is 0.925. The first-order chi connectivity index (χ1) is 8.75. The maximum Gasteiger partial charge on any atom is 0.353 e. The van der Waals surface area contributed by atoms with Gasteiger partial charge in [0.1, 0.15) is 9.92 Å². The van der Waals surface area contributed by atoms with Crippen molar-refractivity contribution in [2.24, 2.45) is 9.50 Å². The first kappa shape index (κ1) is 15.7. The van der Waals surface area contributed by atoms with E-state index in [1.54, 1.807) is 35.2 Å². The molecule has 0 saturated carbocycles. The average molecular weight is 283 g/mol. The van der Waals surface area contributed by atoms with E-state index in [0.29, 0.717) is 4.90 Å². The molecule has 1 unspecified atom stereocenters. The lowest BCUT2D eigenvalue weighted by atomic mass is 10.2. The van der Waals surface area contributed by atoms with Crippen molar-refractivity contribution in [2.75, 3.05) is 0 Å². The highest BCUT2D eigenvalue weighted by Crippen LogP contribution is 2.12. The largest absolute Gasteiger partial charge is 0.353 e. The highest BCUT2D eigenvalue weighted by atomic mass is 32.2. The van der Waals surface area contributed by atoms with E-state index >= 15 is 0 Å². The standard InChI is InChI=1S/C13H21N3O2S/c1-10(2)16(11(3)4)13(17)15-19(14,18)12-8-6-5-7-9-12/h5-11H,1-4H3,(H2,14,15,17,18). The minimum Gasteiger partial charge on any atom is -0.317 e. The van der Waals surface area contributed by atoms with Crippen molar-refractivity contribution in [1.82, 2.24) is 4.90 Å². The molecule has 106 valence electrons. The zero-order chi connectivity index (χ0) is 14.6. The number of urea groups is 1. The summed E-state index contributed by atoms with van der Waals surface area (Å²) in [5, 5.41) is 5.69. The lowest BCUT2D eigenvalue weighted by Crippen LogP contribution is -2.41. The van der Waals surface area contributed by atoms with Crippen molar-refractivity contribution in [3.05, 3.63) is 30.3 Å². The Kier molecular flexibility index (Phi) is 5.08. The summed E-state index contributed by atoms with van der Waals surface area (Å²) in [4.78, 5) is 14.0. The molecule has 1 atom stereocenters. The zero-order valence-corrected chi connectivity index (χ0v) is 12.6. The lowest BCUT2D eigenvalue weighted by Gasteiger charge is -2.28. The second-order valence-electron chi connectivity index (χ2n) is 4.85. The van der Waals surface area contributed by atoms with Crippen LogP contribution in [0.25, 0.3) is 0 Å².